The first-order chi connectivity index (χ1) is 7.39. The van der Waals surface area contributed by atoms with Crippen LogP contribution in [0.15, 0.2) is 18.3 Å². The van der Waals surface area contributed by atoms with Gasteiger partial charge in [0.2, 0.25) is 5.91 Å². The van der Waals surface area contributed by atoms with E-state index >= 15 is 0 Å². The standard InChI is InChI=1S/C9H6F3N3O/c1-5(16)15-7-2-3-8(9(10,11)12)14-6(7)4-13-15/h2-4H,1H3. The molecule has 0 aliphatic rings. The molecule has 0 atom stereocenters. The van der Waals surface area contributed by atoms with E-state index in [2.05, 4.69) is 10.1 Å². The summed E-state index contributed by atoms with van der Waals surface area (Å²) >= 11 is 0. The zero-order chi connectivity index (χ0) is 11.9. The van der Waals surface area contributed by atoms with Crippen molar-refractivity contribution in [3.63, 3.8) is 0 Å². The van der Waals surface area contributed by atoms with Crippen molar-refractivity contribution in [1.29, 1.82) is 0 Å². The molecule has 2 rings (SSSR count). The number of aromatic nitrogens is 3. The third-order valence-corrected chi connectivity index (χ3v) is 2.01. The highest BCUT2D eigenvalue weighted by molar-refractivity contribution is 5.87. The molecule has 7 heteroatoms. The Morgan fingerprint density at radius 3 is 2.62 bits per heavy atom. The number of fused-ring (bicyclic) bond motifs is 1. The van der Waals surface area contributed by atoms with E-state index < -0.39 is 11.9 Å². The lowest BCUT2D eigenvalue weighted by Gasteiger charge is -2.04. The highest BCUT2D eigenvalue weighted by Gasteiger charge is 2.32. The van der Waals surface area contributed by atoms with Crippen molar-refractivity contribution in [1.82, 2.24) is 14.8 Å². The summed E-state index contributed by atoms with van der Waals surface area (Å²) < 4.78 is 38.0. The second kappa shape index (κ2) is 3.29. The molecule has 0 saturated heterocycles. The Balaban J connectivity index is 2.62. The molecule has 0 aliphatic carbocycles. The monoisotopic (exact) mass is 229 g/mol. The first kappa shape index (κ1) is 10.6. The van der Waals surface area contributed by atoms with Gasteiger partial charge in [-0.15, -0.1) is 0 Å². The molecule has 0 amide bonds. The van der Waals surface area contributed by atoms with Crippen molar-refractivity contribution in [3.8, 4) is 0 Å². The summed E-state index contributed by atoms with van der Waals surface area (Å²) in [6.45, 7) is 1.27. The van der Waals surface area contributed by atoms with Gasteiger partial charge in [0.05, 0.1) is 11.7 Å². The van der Waals surface area contributed by atoms with Gasteiger partial charge in [0, 0.05) is 6.92 Å². The quantitative estimate of drug-likeness (QED) is 0.695. The maximum atomic E-state index is 12.3. The average Bonchev–Trinajstić information content (AvgIpc) is 2.58. The zero-order valence-electron chi connectivity index (χ0n) is 8.12. The fourth-order valence-electron chi connectivity index (χ4n) is 1.33. The number of rotatable bonds is 0. The highest BCUT2D eigenvalue weighted by Crippen LogP contribution is 2.28. The summed E-state index contributed by atoms with van der Waals surface area (Å²) in [5.74, 6) is -0.378. The molecule has 2 heterocycles. The minimum absolute atomic E-state index is 0.0463. The van der Waals surface area contributed by atoms with Gasteiger partial charge >= 0.3 is 6.18 Å². The van der Waals surface area contributed by atoms with Crippen molar-refractivity contribution >= 4 is 16.9 Å². The van der Waals surface area contributed by atoms with Crippen LogP contribution in [0.3, 0.4) is 0 Å². The summed E-state index contributed by atoms with van der Waals surface area (Å²) in [5, 5.41) is 3.66. The third kappa shape index (κ3) is 1.64. The van der Waals surface area contributed by atoms with Crippen molar-refractivity contribution < 1.29 is 18.0 Å². The van der Waals surface area contributed by atoms with E-state index in [-0.39, 0.29) is 16.9 Å². The molecule has 0 saturated carbocycles. The van der Waals surface area contributed by atoms with Crippen molar-refractivity contribution in [2.45, 2.75) is 13.1 Å². The van der Waals surface area contributed by atoms with Crippen molar-refractivity contribution in [3.05, 3.63) is 24.0 Å². The maximum Gasteiger partial charge on any atom is 0.433 e. The van der Waals surface area contributed by atoms with Gasteiger partial charge < -0.3 is 0 Å². The van der Waals surface area contributed by atoms with Gasteiger partial charge in [-0.05, 0) is 12.1 Å². The predicted octanol–water partition coefficient (Wildman–Crippen LogP) is 2.11. The normalized spacial score (nSPS) is 12.0. The Hall–Kier alpha value is -1.92. The number of carbonyl (C=O) groups is 1. The predicted molar refractivity (Wildman–Crippen MR) is 48.8 cm³/mol. The van der Waals surface area contributed by atoms with Gasteiger partial charge in [-0.25, -0.2) is 4.98 Å². The van der Waals surface area contributed by atoms with Gasteiger partial charge in [0.25, 0.3) is 0 Å². The molecule has 4 nitrogen and oxygen atoms in total. The second-order valence-corrected chi connectivity index (χ2v) is 3.17. The number of carbonyl (C=O) groups excluding carboxylic acids is 1. The fraction of sp³-hybridized carbons (Fsp3) is 0.222. The van der Waals surface area contributed by atoms with E-state index in [9.17, 15) is 18.0 Å². The van der Waals surface area contributed by atoms with Crippen LogP contribution in [-0.2, 0) is 6.18 Å². The summed E-state index contributed by atoms with van der Waals surface area (Å²) in [4.78, 5) is 14.4. The van der Waals surface area contributed by atoms with Gasteiger partial charge in [-0.1, -0.05) is 0 Å². The summed E-state index contributed by atoms with van der Waals surface area (Å²) in [6, 6.07) is 2.00. The lowest BCUT2D eigenvalue weighted by atomic mass is 10.3. The van der Waals surface area contributed by atoms with E-state index in [0.717, 1.165) is 16.9 Å². The summed E-state index contributed by atoms with van der Waals surface area (Å²) in [7, 11) is 0. The lowest BCUT2D eigenvalue weighted by molar-refractivity contribution is -0.140. The molecule has 2 aromatic heterocycles. The van der Waals surface area contributed by atoms with Crippen LogP contribution in [0, 0.1) is 0 Å². The summed E-state index contributed by atoms with van der Waals surface area (Å²) in [6.07, 6.45) is -3.36. The van der Waals surface area contributed by atoms with Crippen molar-refractivity contribution in [2.24, 2.45) is 0 Å². The van der Waals surface area contributed by atoms with E-state index in [1.807, 2.05) is 0 Å². The van der Waals surface area contributed by atoms with Crippen LogP contribution in [0.1, 0.15) is 17.4 Å². The lowest BCUT2D eigenvalue weighted by Crippen LogP contribution is -2.09. The number of pyridine rings is 1. The number of alkyl halides is 3. The number of hydrogen-bond donors (Lipinski definition) is 0. The topological polar surface area (TPSA) is 47.8 Å². The molecule has 0 fully saturated rings. The number of halogens is 3. The molecule has 2 aromatic rings. The molecule has 0 bridgehead atoms. The second-order valence-electron chi connectivity index (χ2n) is 3.17. The molecule has 0 aliphatic heterocycles. The smallest absolute Gasteiger partial charge is 0.273 e. The minimum atomic E-state index is -4.49. The minimum Gasteiger partial charge on any atom is -0.273 e. The molecule has 16 heavy (non-hydrogen) atoms. The maximum absolute atomic E-state index is 12.3. The first-order valence-electron chi connectivity index (χ1n) is 4.32. The van der Waals surface area contributed by atoms with Gasteiger partial charge in [0.1, 0.15) is 11.2 Å². The van der Waals surface area contributed by atoms with E-state index in [1.54, 1.807) is 0 Å². The van der Waals surface area contributed by atoms with Gasteiger partial charge in [-0.2, -0.15) is 23.0 Å². The Bertz CT molecular complexity index is 559. The average molecular weight is 229 g/mol. The summed E-state index contributed by atoms with van der Waals surface area (Å²) in [5.41, 5.74) is -0.686. The molecular formula is C9H6F3N3O. The Labute approximate surface area is 87.7 Å². The molecule has 84 valence electrons. The third-order valence-electron chi connectivity index (χ3n) is 2.01. The van der Waals surface area contributed by atoms with Crippen LogP contribution < -0.4 is 0 Å². The van der Waals surface area contributed by atoms with Crippen LogP contribution in [0.25, 0.3) is 11.0 Å². The molecule has 0 unspecified atom stereocenters. The molecule has 0 spiro atoms. The fourth-order valence-corrected chi connectivity index (χ4v) is 1.33. The van der Waals surface area contributed by atoms with Crippen LogP contribution >= 0.6 is 0 Å². The van der Waals surface area contributed by atoms with Gasteiger partial charge in [-0.3, -0.25) is 4.79 Å². The van der Waals surface area contributed by atoms with E-state index in [4.69, 9.17) is 0 Å². The first-order valence-corrected chi connectivity index (χ1v) is 4.32. The largest absolute Gasteiger partial charge is 0.433 e. The Morgan fingerprint density at radius 1 is 1.38 bits per heavy atom. The highest BCUT2D eigenvalue weighted by atomic mass is 19.4. The number of nitrogens with zero attached hydrogens (tertiary/aromatic N) is 3. The Kier molecular flexibility index (Phi) is 2.18. The van der Waals surface area contributed by atoms with Gasteiger partial charge in [0.15, 0.2) is 0 Å². The van der Waals surface area contributed by atoms with Crippen LogP contribution in [0.5, 0.6) is 0 Å². The van der Waals surface area contributed by atoms with Crippen LogP contribution in [0.2, 0.25) is 0 Å². The molecule has 0 aromatic carbocycles. The van der Waals surface area contributed by atoms with Crippen LogP contribution in [-0.4, -0.2) is 20.7 Å². The van der Waals surface area contributed by atoms with E-state index in [0.29, 0.717) is 0 Å². The van der Waals surface area contributed by atoms with Crippen molar-refractivity contribution in [2.75, 3.05) is 0 Å². The van der Waals surface area contributed by atoms with Crippen LogP contribution in [0.4, 0.5) is 13.2 Å². The van der Waals surface area contributed by atoms with E-state index in [1.165, 1.54) is 13.0 Å². The Morgan fingerprint density at radius 2 is 2.06 bits per heavy atom. The molecular weight excluding hydrogens is 223 g/mol. The molecule has 0 radical (unpaired) electrons. The molecule has 0 N–H and O–H groups in total. The SMILES string of the molecule is CC(=O)n1ncc2nc(C(F)(F)F)ccc21. The number of hydrogen-bond acceptors (Lipinski definition) is 3. The zero-order valence-corrected chi connectivity index (χ0v) is 8.12.